The maximum absolute atomic E-state index is 10.8. The number of anilines is 1. The number of para-hydroxylation sites is 1. The summed E-state index contributed by atoms with van der Waals surface area (Å²) in [5.41, 5.74) is 1.77. The molecule has 0 aliphatic carbocycles. The van der Waals surface area contributed by atoms with Gasteiger partial charge in [-0.25, -0.2) is 0 Å². The molecule has 0 radical (unpaired) electrons. The lowest BCUT2D eigenvalue weighted by molar-refractivity contribution is -0.384. The van der Waals surface area contributed by atoms with Gasteiger partial charge in [-0.05, 0) is 43.3 Å². The number of hydrogen-bond donors (Lipinski definition) is 1. The minimum atomic E-state index is -0.423. The molecule has 1 aliphatic rings. The Morgan fingerprint density at radius 2 is 2.07 bits per heavy atom. The summed E-state index contributed by atoms with van der Waals surface area (Å²) in [6.45, 7) is 2.01. The van der Waals surface area contributed by atoms with Crippen LogP contribution in [0.15, 0.2) is 48.5 Å². The van der Waals surface area contributed by atoms with E-state index in [4.69, 9.17) is 21.7 Å². The average molecular weight is 401 g/mol. The van der Waals surface area contributed by atoms with Crippen molar-refractivity contribution >= 4 is 28.7 Å². The van der Waals surface area contributed by atoms with E-state index < -0.39 is 4.92 Å². The number of benzene rings is 2. The summed E-state index contributed by atoms with van der Waals surface area (Å²) in [5.74, 6) is 0.804. The molecule has 1 atom stereocenters. The number of non-ortho nitro benzene ring substituents is 1. The molecule has 0 saturated carbocycles. The van der Waals surface area contributed by atoms with Crippen LogP contribution in [0.5, 0.6) is 5.75 Å². The number of ether oxygens (including phenoxy) is 2. The maximum atomic E-state index is 10.8. The van der Waals surface area contributed by atoms with Crippen LogP contribution in [-0.4, -0.2) is 41.3 Å². The van der Waals surface area contributed by atoms with Crippen LogP contribution in [0.4, 0.5) is 11.4 Å². The van der Waals surface area contributed by atoms with Crippen molar-refractivity contribution in [3.05, 3.63) is 64.2 Å². The molecule has 1 N–H and O–H groups in total. The van der Waals surface area contributed by atoms with Gasteiger partial charge in [0.15, 0.2) is 5.11 Å². The number of nitrogens with one attached hydrogen (secondary N) is 1. The van der Waals surface area contributed by atoms with Gasteiger partial charge in [0.2, 0.25) is 0 Å². The molecule has 3 rings (SSSR count). The summed E-state index contributed by atoms with van der Waals surface area (Å²) >= 11 is 5.64. The molecule has 0 amide bonds. The first-order valence-electron chi connectivity index (χ1n) is 9.10. The Morgan fingerprint density at radius 1 is 1.32 bits per heavy atom. The second kappa shape index (κ2) is 9.48. The molecule has 2 aromatic carbocycles. The van der Waals surface area contributed by atoms with Crippen molar-refractivity contribution in [2.45, 2.75) is 25.5 Å². The van der Waals surface area contributed by atoms with Crippen molar-refractivity contribution in [2.24, 2.45) is 0 Å². The highest BCUT2D eigenvalue weighted by Gasteiger charge is 2.22. The van der Waals surface area contributed by atoms with E-state index in [2.05, 4.69) is 5.32 Å². The quantitative estimate of drug-likeness (QED) is 0.427. The molecule has 1 aliphatic heterocycles. The van der Waals surface area contributed by atoms with E-state index in [9.17, 15) is 10.1 Å². The van der Waals surface area contributed by atoms with E-state index in [1.165, 1.54) is 12.1 Å². The van der Waals surface area contributed by atoms with Crippen molar-refractivity contribution < 1.29 is 14.4 Å². The van der Waals surface area contributed by atoms with Gasteiger partial charge in [0.05, 0.1) is 18.1 Å². The zero-order chi connectivity index (χ0) is 19.9. The number of nitro benzene ring substituents is 1. The highest BCUT2D eigenvalue weighted by Crippen LogP contribution is 2.22. The Morgan fingerprint density at radius 3 is 2.71 bits per heavy atom. The summed E-state index contributed by atoms with van der Waals surface area (Å²) in [4.78, 5) is 12.4. The van der Waals surface area contributed by atoms with Crippen LogP contribution >= 0.6 is 12.2 Å². The Labute approximate surface area is 169 Å². The molecule has 0 bridgehead atoms. The first-order valence-corrected chi connectivity index (χ1v) is 9.51. The van der Waals surface area contributed by atoms with Gasteiger partial charge in [-0.15, -0.1) is 0 Å². The first kappa shape index (κ1) is 20.0. The van der Waals surface area contributed by atoms with Crippen molar-refractivity contribution in [3.8, 4) is 5.75 Å². The van der Waals surface area contributed by atoms with Crippen molar-refractivity contribution in [1.29, 1.82) is 0 Å². The monoisotopic (exact) mass is 401 g/mol. The predicted molar refractivity (Wildman–Crippen MR) is 112 cm³/mol. The Balaban J connectivity index is 1.74. The largest absolute Gasteiger partial charge is 0.496 e. The Bertz CT molecular complexity index is 822. The van der Waals surface area contributed by atoms with Gasteiger partial charge >= 0.3 is 0 Å². The molecule has 1 fully saturated rings. The molecule has 7 nitrogen and oxygen atoms in total. The van der Waals surface area contributed by atoms with Crippen LogP contribution in [0, 0.1) is 10.1 Å². The Hall–Kier alpha value is -2.71. The predicted octanol–water partition coefficient (Wildman–Crippen LogP) is 3.98. The van der Waals surface area contributed by atoms with Crippen molar-refractivity contribution in [2.75, 3.05) is 25.6 Å². The molecular weight excluding hydrogens is 378 g/mol. The first-order chi connectivity index (χ1) is 13.6. The number of hydrogen-bond acceptors (Lipinski definition) is 5. The molecule has 1 unspecified atom stereocenters. The van der Waals surface area contributed by atoms with Gasteiger partial charge in [0.1, 0.15) is 5.75 Å². The van der Waals surface area contributed by atoms with E-state index >= 15 is 0 Å². The number of nitrogens with zero attached hydrogens (tertiary/aromatic N) is 2. The van der Waals surface area contributed by atoms with Crippen LogP contribution in [0.1, 0.15) is 18.4 Å². The fourth-order valence-electron chi connectivity index (χ4n) is 3.16. The fraction of sp³-hybridized carbons (Fsp3) is 0.350. The summed E-state index contributed by atoms with van der Waals surface area (Å²) in [6.07, 6.45) is 2.18. The SMILES string of the molecule is COc1ccccc1CN(CC1CCCO1)C(=S)Nc1ccc([N+](=O)[O-])cc1. The highest BCUT2D eigenvalue weighted by atomic mass is 32.1. The lowest BCUT2D eigenvalue weighted by atomic mass is 10.1. The lowest BCUT2D eigenvalue weighted by Gasteiger charge is -2.29. The van der Waals surface area contributed by atoms with Gasteiger partial charge in [-0.3, -0.25) is 10.1 Å². The topological polar surface area (TPSA) is 76.9 Å². The summed E-state index contributed by atoms with van der Waals surface area (Å²) in [6, 6.07) is 14.0. The molecule has 0 aromatic heterocycles. The minimum Gasteiger partial charge on any atom is -0.496 e. The molecule has 1 saturated heterocycles. The highest BCUT2D eigenvalue weighted by molar-refractivity contribution is 7.80. The van der Waals surface area contributed by atoms with E-state index in [1.807, 2.05) is 29.2 Å². The molecule has 0 spiro atoms. The minimum absolute atomic E-state index is 0.0432. The number of nitro groups is 1. The fourth-order valence-corrected chi connectivity index (χ4v) is 3.42. The third kappa shape index (κ3) is 5.17. The third-order valence-corrected chi connectivity index (χ3v) is 4.98. The van der Waals surface area contributed by atoms with Gasteiger partial charge < -0.3 is 19.7 Å². The van der Waals surface area contributed by atoms with E-state index in [0.717, 1.165) is 30.8 Å². The van der Waals surface area contributed by atoms with Crippen LogP contribution in [-0.2, 0) is 11.3 Å². The van der Waals surface area contributed by atoms with Crippen molar-refractivity contribution in [3.63, 3.8) is 0 Å². The van der Waals surface area contributed by atoms with Gasteiger partial charge in [0, 0.05) is 43.1 Å². The Kier molecular flexibility index (Phi) is 6.78. The van der Waals surface area contributed by atoms with Crippen molar-refractivity contribution in [1.82, 2.24) is 4.90 Å². The summed E-state index contributed by atoms with van der Waals surface area (Å²) in [7, 11) is 1.65. The zero-order valence-corrected chi connectivity index (χ0v) is 16.5. The third-order valence-electron chi connectivity index (χ3n) is 4.62. The summed E-state index contributed by atoms with van der Waals surface area (Å²) < 4.78 is 11.2. The number of thiocarbonyl (C=S) groups is 1. The zero-order valence-electron chi connectivity index (χ0n) is 15.7. The smallest absolute Gasteiger partial charge is 0.269 e. The molecular formula is C20H23N3O4S. The molecule has 148 valence electrons. The van der Waals surface area contributed by atoms with Crippen LogP contribution < -0.4 is 10.1 Å². The van der Waals surface area contributed by atoms with Gasteiger partial charge in [0.25, 0.3) is 5.69 Å². The molecule has 2 aromatic rings. The standard InChI is InChI=1S/C20H23N3O4S/c1-26-19-7-3-2-5-15(19)13-22(14-18-6-4-12-27-18)20(28)21-16-8-10-17(11-9-16)23(24)25/h2-3,5,7-11,18H,4,6,12-14H2,1H3,(H,21,28). The maximum Gasteiger partial charge on any atom is 0.269 e. The van der Waals surface area contributed by atoms with E-state index in [-0.39, 0.29) is 11.8 Å². The van der Waals surface area contributed by atoms with Crippen LogP contribution in [0.25, 0.3) is 0 Å². The molecule has 1 heterocycles. The molecule has 8 heteroatoms. The number of rotatable bonds is 7. The van der Waals surface area contributed by atoms with E-state index in [0.29, 0.717) is 23.9 Å². The van der Waals surface area contributed by atoms with Crippen LogP contribution in [0.2, 0.25) is 0 Å². The lowest BCUT2D eigenvalue weighted by Crippen LogP contribution is -2.39. The average Bonchev–Trinajstić information content (AvgIpc) is 3.21. The van der Waals surface area contributed by atoms with Crippen LogP contribution in [0.3, 0.4) is 0 Å². The second-order valence-corrected chi connectivity index (χ2v) is 6.95. The number of methoxy groups -OCH3 is 1. The summed E-state index contributed by atoms with van der Waals surface area (Å²) in [5, 5.41) is 14.5. The van der Waals surface area contributed by atoms with Gasteiger partial charge in [-0.1, -0.05) is 18.2 Å². The second-order valence-electron chi connectivity index (χ2n) is 6.56. The molecule has 28 heavy (non-hydrogen) atoms. The van der Waals surface area contributed by atoms with E-state index in [1.54, 1.807) is 19.2 Å². The van der Waals surface area contributed by atoms with Gasteiger partial charge in [-0.2, -0.15) is 0 Å². The normalized spacial score (nSPS) is 15.8.